The maximum Gasteiger partial charge on any atom is 0.338 e. The quantitative estimate of drug-likeness (QED) is 0.865. The lowest BCUT2D eigenvalue weighted by molar-refractivity contribution is 0.0697. The molecule has 0 radical (unpaired) electrons. The van der Waals surface area contributed by atoms with Crippen LogP contribution in [0.5, 0.6) is 11.6 Å². The molecule has 0 atom stereocenters. The highest BCUT2D eigenvalue weighted by atomic mass is 16.5. The molecule has 6 nitrogen and oxygen atoms in total. The van der Waals surface area contributed by atoms with Gasteiger partial charge in [0.15, 0.2) is 0 Å². The summed E-state index contributed by atoms with van der Waals surface area (Å²) in [6, 6.07) is 8.66. The molecular weight excluding hydrogens is 260 g/mol. The van der Waals surface area contributed by atoms with Crippen LogP contribution in [0.1, 0.15) is 15.9 Å². The van der Waals surface area contributed by atoms with E-state index in [1.54, 1.807) is 7.11 Å². The summed E-state index contributed by atoms with van der Waals surface area (Å²) in [6.07, 6.45) is 1.35. The number of anilines is 1. The van der Waals surface area contributed by atoms with Gasteiger partial charge in [0.25, 0.3) is 0 Å². The number of hydrogen-bond donors (Lipinski definition) is 2. The minimum absolute atomic E-state index is 0.0166. The van der Waals surface area contributed by atoms with Gasteiger partial charge in [0.05, 0.1) is 12.7 Å². The fourth-order valence-corrected chi connectivity index (χ4v) is 1.67. The van der Waals surface area contributed by atoms with Crippen molar-refractivity contribution in [3.63, 3.8) is 0 Å². The van der Waals surface area contributed by atoms with Gasteiger partial charge in [-0.15, -0.1) is 0 Å². The van der Waals surface area contributed by atoms with Gasteiger partial charge in [0.1, 0.15) is 18.0 Å². The van der Waals surface area contributed by atoms with Crippen LogP contribution >= 0.6 is 0 Å². The number of rotatable bonds is 5. The third-order valence-electron chi connectivity index (χ3n) is 2.69. The van der Waals surface area contributed by atoms with E-state index in [-0.39, 0.29) is 23.7 Å². The second-order valence-electron chi connectivity index (χ2n) is 4.02. The highest BCUT2D eigenvalue weighted by molar-refractivity contribution is 5.94. The standard InChI is InChI=1S/C14H14N2O4/c1-19-10-4-2-3-9(7-10)8-20-13-12(15)11(14(17)18)5-6-16-13/h2-7H,8,15H2,1H3,(H,17,18). The molecule has 0 aliphatic rings. The van der Waals surface area contributed by atoms with Crippen LogP contribution < -0.4 is 15.2 Å². The number of nitrogens with two attached hydrogens (primary N) is 1. The molecular formula is C14H14N2O4. The van der Waals surface area contributed by atoms with Crippen LogP contribution in [0.15, 0.2) is 36.5 Å². The Balaban J connectivity index is 2.14. The Kier molecular flexibility index (Phi) is 4.05. The number of benzene rings is 1. The number of aromatic nitrogens is 1. The number of carboxylic acid groups (broad SMARTS) is 1. The first-order chi connectivity index (χ1) is 9.61. The van der Waals surface area contributed by atoms with Crippen molar-refractivity contribution in [1.29, 1.82) is 0 Å². The Hall–Kier alpha value is -2.76. The zero-order valence-corrected chi connectivity index (χ0v) is 10.9. The number of nitrogen functional groups attached to an aromatic ring is 1. The van der Waals surface area contributed by atoms with Gasteiger partial charge < -0.3 is 20.3 Å². The van der Waals surface area contributed by atoms with Gasteiger partial charge in [-0.1, -0.05) is 12.1 Å². The normalized spacial score (nSPS) is 10.1. The van der Waals surface area contributed by atoms with E-state index in [9.17, 15) is 4.79 Å². The Morgan fingerprint density at radius 2 is 2.20 bits per heavy atom. The van der Waals surface area contributed by atoms with Crippen molar-refractivity contribution in [1.82, 2.24) is 4.98 Å². The van der Waals surface area contributed by atoms with E-state index in [2.05, 4.69) is 4.98 Å². The number of aromatic carboxylic acids is 1. The highest BCUT2D eigenvalue weighted by Crippen LogP contribution is 2.23. The fourth-order valence-electron chi connectivity index (χ4n) is 1.67. The Morgan fingerprint density at radius 3 is 2.90 bits per heavy atom. The van der Waals surface area contributed by atoms with Gasteiger partial charge in [0.2, 0.25) is 5.88 Å². The molecule has 2 rings (SSSR count). The summed E-state index contributed by atoms with van der Waals surface area (Å²) < 4.78 is 10.6. The molecule has 2 aromatic rings. The van der Waals surface area contributed by atoms with Crippen LogP contribution in [0.25, 0.3) is 0 Å². The molecule has 0 fully saturated rings. The average Bonchev–Trinajstić information content (AvgIpc) is 2.46. The molecule has 0 saturated carbocycles. The van der Waals surface area contributed by atoms with Gasteiger partial charge in [-0.25, -0.2) is 9.78 Å². The number of methoxy groups -OCH3 is 1. The van der Waals surface area contributed by atoms with Crippen molar-refractivity contribution in [2.75, 3.05) is 12.8 Å². The second kappa shape index (κ2) is 5.92. The zero-order chi connectivity index (χ0) is 14.5. The molecule has 0 bridgehead atoms. The summed E-state index contributed by atoms with van der Waals surface area (Å²) >= 11 is 0. The zero-order valence-electron chi connectivity index (χ0n) is 10.9. The van der Waals surface area contributed by atoms with Crippen molar-refractivity contribution in [2.45, 2.75) is 6.61 Å². The van der Waals surface area contributed by atoms with Crippen LogP contribution in [-0.4, -0.2) is 23.2 Å². The van der Waals surface area contributed by atoms with E-state index in [1.165, 1.54) is 12.3 Å². The predicted molar refractivity (Wildman–Crippen MR) is 72.9 cm³/mol. The number of carboxylic acids is 1. The molecule has 1 aromatic carbocycles. The lowest BCUT2D eigenvalue weighted by Crippen LogP contribution is -2.07. The molecule has 0 saturated heterocycles. The van der Waals surface area contributed by atoms with Gasteiger partial charge in [0, 0.05) is 6.20 Å². The summed E-state index contributed by atoms with van der Waals surface area (Å²) in [7, 11) is 1.58. The van der Waals surface area contributed by atoms with E-state index < -0.39 is 5.97 Å². The third-order valence-corrected chi connectivity index (χ3v) is 2.69. The summed E-state index contributed by atoms with van der Waals surface area (Å²) in [4.78, 5) is 14.9. The topological polar surface area (TPSA) is 94.7 Å². The second-order valence-corrected chi connectivity index (χ2v) is 4.02. The maximum atomic E-state index is 11.0. The van der Waals surface area contributed by atoms with E-state index in [4.69, 9.17) is 20.3 Å². The number of hydrogen-bond acceptors (Lipinski definition) is 5. The van der Waals surface area contributed by atoms with Gasteiger partial charge in [-0.2, -0.15) is 0 Å². The number of ether oxygens (including phenoxy) is 2. The molecule has 1 aromatic heterocycles. The van der Waals surface area contributed by atoms with Crippen LogP contribution in [-0.2, 0) is 6.61 Å². The molecule has 0 aliphatic carbocycles. The van der Waals surface area contributed by atoms with Crippen molar-refractivity contribution in [2.24, 2.45) is 0 Å². The summed E-state index contributed by atoms with van der Waals surface area (Å²) in [5.41, 5.74) is 6.57. The Labute approximate surface area is 115 Å². The third kappa shape index (κ3) is 2.97. The summed E-state index contributed by atoms with van der Waals surface area (Å²) in [5, 5.41) is 8.96. The van der Waals surface area contributed by atoms with Crippen molar-refractivity contribution in [3.8, 4) is 11.6 Å². The van der Waals surface area contributed by atoms with Crippen molar-refractivity contribution in [3.05, 3.63) is 47.7 Å². The monoisotopic (exact) mass is 274 g/mol. The molecule has 0 spiro atoms. The first kappa shape index (κ1) is 13.7. The first-order valence-corrected chi connectivity index (χ1v) is 5.85. The minimum Gasteiger partial charge on any atom is -0.497 e. The molecule has 6 heteroatoms. The van der Waals surface area contributed by atoms with Crippen LogP contribution in [0, 0.1) is 0 Å². The number of pyridine rings is 1. The first-order valence-electron chi connectivity index (χ1n) is 5.85. The molecule has 0 amide bonds. The van der Waals surface area contributed by atoms with Gasteiger partial charge >= 0.3 is 5.97 Å². The fraction of sp³-hybridized carbons (Fsp3) is 0.143. The average molecular weight is 274 g/mol. The number of carbonyl (C=O) groups is 1. The van der Waals surface area contributed by atoms with Crippen molar-refractivity contribution >= 4 is 11.7 Å². The lowest BCUT2D eigenvalue weighted by atomic mass is 10.2. The van der Waals surface area contributed by atoms with E-state index >= 15 is 0 Å². The van der Waals surface area contributed by atoms with Crippen molar-refractivity contribution < 1.29 is 19.4 Å². The molecule has 1 heterocycles. The largest absolute Gasteiger partial charge is 0.497 e. The summed E-state index contributed by atoms with van der Waals surface area (Å²) in [6.45, 7) is 0.220. The van der Waals surface area contributed by atoms with E-state index in [1.807, 2.05) is 24.3 Å². The molecule has 0 aliphatic heterocycles. The Bertz CT molecular complexity index is 628. The Morgan fingerprint density at radius 1 is 1.40 bits per heavy atom. The van der Waals surface area contributed by atoms with E-state index in [0.717, 1.165) is 5.56 Å². The van der Waals surface area contributed by atoms with Gasteiger partial charge in [-0.3, -0.25) is 0 Å². The SMILES string of the molecule is COc1cccc(COc2nccc(C(=O)O)c2N)c1. The lowest BCUT2D eigenvalue weighted by Gasteiger charge is -2.10. The van der Waals surface area contributed by atoms with Crippen LogP contribution in [0.3, 0.4) is 0 Å². The minimum atomic E-state index is -1.11. The number of nitrogens with zero attached hydrogens (tertiary/aromatic N) is 1. The van der Waals surface area contributed by atoms with Gasteiger partial charge in [-0.05, 0) is 23.8 Å². The maximum absolute atomic E-state index is 11.0. The molecule has 0 unspecified atom stereocenters. The van der Waals surface area contributed by atoms with E-state index in [0.29, 0.717) is 5.75 Å². The smallest absolute Gasteiger partial charge is 0.338 e. The molecule has 3 N–H and O–H groups in total. The molecule has 20 heavy (non-hydrogen) atoms. The predicted octanol–water partition coefficient (Wildman–Crippen LogP) is 1.95. The van der Waals surface area contributed by atoms with Crippen LogP contribution in [0.2, 0.25) is 0 Å². The van der Waals surface area contributed by atoms with Crippen LogP contribution in [0.4, 0.5) is 5.69 Å². The summed E-state index contributed by atoms with van der Waals surface area (Å²) in [5.74, 6) is -0.296. The molecule has 104 valence electrons. The highest BCUT2D eigenvalue weighted by Gasteiger charge is 2.13.